The lowest BCUT2D eigenvalue weighted by molar-refractivity contribution is 0.00492. The van der Waals surface area contributed by atoms with Crippen LogP contribution in [-0.2, 0) is 9.47 Å². The van der Waals surface area contributed by atoms with Crippen molar-refractivity contribution in [3.63, 3.8) is 0 Å². The Morgan fingerprint density at radius 3 is 2.00 bits per heavy atom. The Kier molecular flexibility index (Phi) is 4.17. The van der Waals surface area contributed by atoms with Gasteiger partial charge in [-0.2, -0.15) is 0 Å². The molecule has 0 saturated carbocycles. The van der Waals surface area contributed by atoms with Gasteiger partial charge in [0.05, 0.1) is 5.69 Å². The monoisotopic (exact) mass is 282 g/mol. The quantitative estimate of drug-likeness (QED) is 0.801. The van der Waals surface area contributed by atoms with Gasteiger partial charge in [0.2, 0.25) is 0 Å². The normalized spacial score (nSPS) is 12.1. The molecule has 0 aliphatic carbocycles. The number of anilines is 1. The third kappa shape index (κ3) is 4.60. The number of hydrogen-bond acceptors (Lipinski definition) is 5. The zero-order chi connectivity index (χ0) is 15.7. The first-order valence-electron chi connectivity index (χ1n) is 6.33. The third-order valence-corrected chi connectivity index (χ3v) is 2.04. The molecule has 0 fully saturated rings. The van der Waals surface area contributed by atoms with Crippen LogP contribution >= 0.6 is 0 Å². The van der Waals surface area contributed by atoms with Gasteiger partial charge < -0.3 is 15.2 Å². The molecule has 0 atom stereocenters. The van der Waals surface area contributed by atoms with Crippen LogP contribution in [0.25, 0.3) is 0 Å². The fourth-order valence-corrected chi connectivity index (χ4v) is 1.43. The molecule has 0 bridgehead atoms. The second kappa shape index (κ2) is 5.19. The van der Waals surface area contributed by atoms with Crippen LogP contribution in [0.2, 0.25) is 0 Å². The average Bonchev–Trinajstić information content (AvgIpc) is 2.55. The number of ether oxygens (including phenoxy) is 2. The van der Waals surface area contributed by atoms with E-state index in [1.165, 1.54) is 12.3 Å². The van der Waals surface area contributed by atoms with Crippen LogP contribution in [0.3, 0.4) is 0 Å². The van der Waals surface area contributed by atoms with Gasteiger partial charge in [0.1, 0.15) is 16.9 Å². The molecule has 1 aromatic rings. The highest BCUT2D eigenvalue weighted by Gasteiger charge is 2.26. The SMILES string of the molecule is CC(C)(C)OC(=O)c1cc(N)cn1C(=O)OC(C)(C)C. The van der Waals surface area contributed by atoms with Crippen molar-refractivity contribution in [1.82, 2.24) is 4.57 Å². The van der Waals surface area contributed by atoms with E-state index in [0.29, 0.717) is 0 Å². The molecule has 1 rings (SSSR count). The minimum Gasteiger partial charge on any atom is -0.455 e. The Morgan fingerprint density at radius 1 is 1.05 bits per heavy atom. The van der Waals surface area contributed by atoms with Crippen molar-refractivity contribution in [3.8, 4) is 0 Å². The number of esters is 1. The molecule has 0 aliphatic heterocycles. The summed E-state index contributed by atoms with van der Waals surface area (Å²) in [7, 11) is 0. The predicted molar refractivity (Wildman–Crippen MR) is 75.6 cm³/mol. The first kappa shape index (κ1) is 16.1. The van der Waals surface area contributed by atoms with Gasteiger partial charge in [0, 0.05) is 6.20 Å². The van der Waals surface area contributed by atoms with Crippen LogP contribution in [0.4, 0.5) is 10.5 Å². The van der Waals surface area contributed by atoms with Crippen LogP contribution in [0.1, 0.15) is 52.0 Å². The van der Waals surface area contributed by atoms with Gasteiger partial charge in [-0.05, 0) is 47.6 Å². The van der Waals surface area contributed by atoms with Crippen molar-refractivity contribution in [1.29, 1.82) is 0 Å². The molecule has 6 nitrogen and oxygen atoms in total. The number of hydrogen-bond donors (Lipinski definition) is 1. The summed E-state index contributed by atoms with van der Waals surface area (Å²) in [5.41, 5.74) is 4.66. The van der Waals surface area contributed by atoms with E-state index in [2.05, 4.69) is 0 Å². The zero-order valence-corrected chi connectivity index (χ0v) is 12.8. The van der Waals surface area contributed by atoms with Gasteiger partial charge in [-0.1, -0.05) is 0 Å². The Morgan fingerprint density at radius 2 is 1.55 bits per heavy atom. The molecule has 6 heteroatoms. The van der Waals surface area contributed by atoms with Gasteiger partial charge in [0.15, 0.2) is 0 Å². The van der Waals surface area contributed by atoms with Crippen molar-refractivity contribution >= 4 is 17.7 Å². The lowest BCUT2D eigenvalue weighted by Crippen LogP contribution is -2.30. The molecule has 1 heterocycles. The summed E-state index contributed by atoms with van der Waals surface area (Å²) in [5, 5.41) is 0. The predicted octanol–water partition coefficient (Wildman–Crippen LogP) is 2.81. The molecule has 0 aromatic carbocycles. The summed E-state index contributed by atoms with van der Waals surface area (Å²) in [6.45, 7) is 10.5. The van der Waals surface area contributed by atoms with Crippen molar-refractivity contribution < 1.29 is 19.1 Å². The highest BCUT2D eigenvalue weighted by molar-refractivity contribution is 5.93. The molecule has 0 unspecified atom stereocenters. The molecule has 112 valence electrons. The summed E-state index contributed by atoms with van der Waals surface area (Å²) in [6, 6.07) is 1.39. The van der Waals surface area contributed by atoms with Gasteiger partial charge in [0.25, 0.3) is 0 Å². The van der Waals surface area contributed by atoms with Crippen LogP contribution in [0, 0.1) is 0 Å². The van der Waals surface area contributed by atoms with Gasteiger partial charge in [-0.3, -0.25) is 0 Å². The second-order valence-corrected chi connectivity index (χ2v) is 6.51. The Balaban J connectivity index is 3.05. The number of carbonyl (C=O) groups excluding carboxylic acids is 2. The second-order valence-electron chi connectivity index (χ2n) is 6.51. The minimum absolute atomic E-state index is 0.0478. The first-order valence-corrected chi connectivity index (χ1v) is 6.33. The lowest BCUT2D eigenvalue weighted by Gasteiger charge is -2.22. The largest absolute Gasteiger partial charge is 0.455 e. The smallest absolute Gasteiger partial charge is 0.419 e. The molecule has 2 N–H and O–H groups in total. The fourth-order valence-electron chi connectivity index (χ4n) is 1.43. The van der Waals surface area contributed by atoms with Gasteiger partial charge >= 0.3 is 12.1 Å². The third-order valence-electron chi connectivity index (χ3n) is 2.04. The van der Waals surface area contributed by atoms with Crippen LogP contribution < -0.4 is 5.73 Å². The van der Waals surface area contributed by atoms with Crippen molar-refractivity contribution in [2.45, 2.75) is 52.7 Å². The Hall–Kier alpha value is -1.98. The molecular weight excluding hydrogens is 260 g/mol. The minimum atomic E-state index is -0.671. The molecule has 0 radical (unpaired) electrons. The van der Waals surface area contributed by atoms with E-state index >= 15 is 0 Å². The molecule has 0 aliphatic rings. The van der Waals surface area contributed by atoms with Gasteiger partial charge in [-0.25, -0.2) is 14.2 Å². The summed E-state index contributed by atoms with van der Waals surface area (Å²) >= 11 is 0. The fraction of sp³-hybridized carbons (Fsp3) is 0.571. The topological polar surface area (TPSA) is 83.5 Å². The van der Waals surface area contributed by atoms with E-state index in [1.54, 1.807) is 41.5 Å². The number of nitrogens with two attached hydrogens (primary N) is 1. The van der Waals surface area contributed by atoms with E-state index in [4.69, 9.17) is 15.2 Å². The molecular formula is C14H22N2O4. The molecule has 0 saturated heterocycles. The summed E-state index contributed by atoms with van der Waals surface area (Å²) < 4.78 is 11.5. The molecule has 0 amide bonds. The zero-order valence-electron chi connectivity index (χ0n) is 12.8. The van der Waals surface area contributed by atoms with Gasteiger partial charge in [-0.15, -0.1) is 0 Å². The van der Waals surface area contributed by atoms with Crippen LogP contribution in [-0.4, -0.2) is 27.8 Å². The first-order chi connectivity index (χ1) is 8.89. The van der Waals surface area contributed by atoms with E-state index in [-0.39, 0.29) is 11.4 Å². The van der Waals surface area contributed by atoms with E-state index in [0.717, 1.165) is 4.57 Å². The highest BCUT2D eigenvalue weighted by Crippen LogP contribution is 2.18. The highest BCUT2D eigenvalue weighted by atomic mass is 16.6. The standard InChI is InChI=1S/C14H22N2O4/c1-13(2,3)19-11(17)10-7-9(15)8-16(10)12(18)20-14(4,5)6/h7-8H,15H2,1-6H3. The van der Waals surface area contributed by atoms with E-state index in [1.807, 2.05) is 0 Å². The molecule has 20 heavy (non-hydrogen) atoms. The van der Waals surface area contributed by atoms with Crippen molar-refractivity contribution in [2.75, 3.05) is 5.73 Å². The number of nitrogen functional groups attached to an aromatic ring is 1. The molecule has 0 spiro atoms. The van der Waals surface area contributed by atoms with Crippen LogP contribution in [0.15, 0.2) is 12.3 Å². The lowest BCUT2D eigenvalue weighted by atomic mass is 10.2. The number of rotatable bonds is 1. The number of aromatic nitrogens is 1. The summed E-state index contributed by atoms with van der Waals surface area (Å²) in [4.78, 5) is 24.1. The van der Waals surface area contributed by atoms with E-state index in [9.17, 15) is 9.59 Å². The Labute approximate surface area is 118 Å². The summed E-state index contributed by atoms with van der Waals surface area (Å²) in [6.07, 6.45) is 0.669. The van der Waals surface area contributed by atoms with Crippen molar-refractivity contribution in [2.24, 2.45) is 0 Å². The Bertz CT molecular complexity index is 473. The maximum Gasteiger partial charge on any atom is 0.419 e. The average molecular weight is 282 g/mol. The molecule has 1 aromatic heterocycles. The number of nitrogens with zero attached hydrogens (tertiary/aromatic N) is 1. The van der Waals surface area contributed by atoms with Crippen molar-refractivity contribution in [3.05, 3.63) is 18.0 Å². The maximum atomic E-state index is 12.1. The van der Waals surface area contributed by atoms with Crippen LogP contribution in [0.5, 0.6) is 0 Å². The van der Waals surface area contributed by atoms with E-state index < -0.39 is 23.3 Å². The summed E-state index contributed by atoms with van der Waals surface area (Å²) in [5.74, 6) is -0.625. The maximum absolute atomic E-state index is 12.1. The number of carbonyl (C=O) groups is 2.